The second-order valence-corrected chi connectivity index (χ2v) is 19.2. The number of nitrogens with one attached hydrogen (secondary N) is 3. The summed E-state index contributed by atoms with van der Waals surface area (Å²) in [7, 11) is 0. The Bertz CT molecular complexity index is 1930. The van der Waals surface area contributed by atoms with Crippen LogP contribution in [0.5, 0.6) is 0 Å². The predicted molar refractivity (Wildman–Crippen MR) is 240 cm³/mol. The predicted octanol–water partition coefficient (Wildman–Crippen LogP) is 7.30. The molecule has 62 heavy (non-hydrogen) atoms. The first-order valence-electron chi connectivity index (χ1n) is 22.3. The Morgan fingerprint density at radius 2 is 1.60 bits per heavy atom. The van der Waals surface area contributed by atoms with Gasteiger partial charge in [-0.25, -0.2) is 14.3 Å². The van der Waals surface area contributed by atoms with Gasteiger partial charge in [0.25, 0.3) is 0 Å². The number of aromatic nitrogens is 3. The first-order chi connectivity index (χ1) is 29.3. The lowest BCUT2D eigenvalue weighted by molar-refractivity contribution is -0.135. The minimum Gasteiger partial charge on any atom is -0.443 e. The number of carbonyl (C=O) groups excluding carboxylic acids is 5. The summed E-state index contributed by atoms with van der Waals surface area (Å²) in [5, 5.41) is 21.0. The molecule has 0 spiro atoms. The van der Waals surface area contributed by atoms with Gasteiger partial charge in [0, 0.05) is 36.6 Å². The molecule has 3 aromatic rings. The van der Waals surface area contributed by atoms with Crippen molar-refractivity contribution in [1.29, 1.82) is 0 Å². The summed E-state index contributed by atoms with van der Waals surface area (Å²) < 4.78 is 6.85. The minimum atomic E-state index is -1.21. The van der Waals surface area contributed by atoms with Crippen molar-refractivity contribution in [2.75, 3.05) is 0 Å². The second-order valence-electron chi connectivity index (χ2n) is 19.2. The Hall–Kier alpha value is -5.17. The average molecular weight is 855 g/mol. The summed E-state index contributed by atoms with van der Waals surface area (Å²) in [6.45, 7) is 15.0. The highest BCUT2D eigenvalue weighted by Gasteiger charge is 2.35. The first kappa shape index (κ1) is 49.5. The number of amides is 3. The topological polar surface area (TPSA) is 182 Å². The molecular formula is C49H70N6O7. The van der Waals surface area contributed by atoms with Gasteiger partial charge in [-0.2, -0.15) is 0 Å². The molecule has 0 aliphatic heterocycles. The molecule has 1 saturated carbocycles. The van der Waals surface area contributed by atoms with Crippen LogP contribution in [0.3, 0.4) is 0 Å². The van der Waals surface area contributed by atoms with Crippen LogP contribution in [-0.2, 0) is 43.3 Å². The molecule has 0 radical (unpaired) electrons. The second kappa shape index (κ2) is 23.3. The number of pyridine rings is 1. The van der Waals surface area contributed by atoms with Gasteiger partial charge < -0.3 is 25.8 Å². The van der Waals surface area contributed by atoms with Crippen LogP contribution in [0.1, 0.15) is 124 Å². The van der Waals surface area contributed by atoms with Crippen LogP contribution in [0.25, 0.3) is 0 Å². The number of ketones is 1. The van der Waals surface area contributed by atoms with Crippen LogP contribution in [0.4, 0.5) is 4.79 Å². The largest absolute Gasteiger partial charge is 0.443 e. The zero-order valence-electron chi connectivity index (χ0n) is 38.1. The molecule has 2 heterocycles. The maximum Gasteiger partial charge on any atom is 0.420 e. The third kappa shape index (κ3) is 16.6. The van der Waals surface area contributed by atoms with Crippen molar-refractivity contribution in [3.63, 3.8) is 0 Å². The van der Waals surface area contributed by atoms with Gasteiger partial charge in [-0.3, -0.25) is 24.2 Å². The summed E-state index contributed by atoms with van der Waals surface area (Å²) in [6, 6.07) is 13.0. The normalized spacial score (nSPS) is 16.2. The Balaban J connectivity index is 1.63. The SMILES string of the molecule is CC(C)[C@@H](C=CC(=O)NCc1ccccn1)C[C@H](O)[C@H](CC1CCCCC1)NC(=O)[C@H](Cc1cncn1C(=O)OC(C)(C)C)NC(=O)[C@@H](CC(=O)C(C)(C)C)Cc1ccccc1. The number of Topliss-reactive ketones (excluding diaryl/α,β-unsaturated/α-hetero) is 1. The number of carbonyl (C=O) groups is 5. The Morgan fingerprint density at radius 3 is 2.23 bits per heavy atom. The molecule has 3 amide bonds. The fourth-order valence-corrected chi connectivity index (χ4v) is 7.69. The molecule has 0 saturated heterocycles. The van der Waals surface area contributed by atoms with Crippen molar-refractivity contribution in [1.82, 2.24) is 30.5 Å². The van der Waals surface area contributed by atoms with Crippen molar-refractivity contribution < 1.29 is 33.8 Å². The Kier molecular flexibility index (Phi) is 18.6. The van der Waals surface area contributed by atoms with E-state index in [-0.39, 0.29) is 61.7 Å². The van der Waals surface area contributed by atoms with E-state index in [0.717, 1.165) is 43.4 Å². The molecule has 338 valence electrons. The molecule has 1 aromatic carbocycles. The fourth-order valence-electron chi connectivity index (χ4n) is 7.69. The van der Waals surface area contributed by atoms with Gasteiger partial charge in [0.1, 0.15) is 23.8 Å². The quantitative estimate of drug-likeness (QED) is 0.0848. The molecule has 13 nitrogen and oxygen atoms in total. The van der Waals surface area contributed by atoms with E-state index < -0.39 is 53.0 Å². The molecule has 1 fully saturated rings. The number of nitrogens with zero attached hydrogens (tertiary/aromatic N) is 3. The summed E-state index contributed by atoms with van der Waals surface area (Å²) in [5.41, 5.74) is 0.443. The monoisotopic (exact) mass is 855 g/mol. The molecule has 4 N–H and O–H groups in total. The van der Waals surface area contributed by atoms with E-state index in [1.807, 2.05) is 89.2 Å². The summed E-state index contributed by atoms with van der Waals surface area (Å²) in [5.74, 6) is -2.04. The highest BCUT2D eigenvalue weighted by Crippen LogP contribution is 2.30. The third-order valence-electron chi connectivity index (χ3n) is 11.5. The third-order valence-corrected chi connectivity index (χ3v) is 11.5. The molecule has 0 unspecified atom stereocenters. The maximum atomic E-state index is 14.7. The van der Waals surface area contributed by atoms with E-state index in [1.165, 1.54) is 23.2 Å². The highest BCUT2D eigenvalue weighted by atomic mass is 16.6. The molecular weight excluding hydrogens is 785 g/mol. The molecule has 1 aliphatic carbocycles. The van der Waals surface area contributed by atoms with E-state index >= 15 is 0 Å². The number of imidazole rings is 1. The molecule has 0 bridgehead atoms. The van der Waals surface area contributed by atoms with Crippen molar-refractivity contribution >= 4 is 29.6 Å². The van der Waals surface area contributed by atoms with Gasteiger partial charge in [0.15, 0.2) is 0 Å². The first-order valence-corrected chi connectivity index (χ1v) is 22.3. The lowest BCUT2D eigenvalue weighted by Crippen LogP contribution is -2.55. The van der Waals surface area contributed by atoms with E-state index in [9.17, 15) is 29.1 Å². The van der Waals surface area contributed by atoms with Crippen LogP contribution >= 0.6 is 0 Å². The van der Waals surface area contributed by atoms with Crippen LogP contribution in [0.15, 0.2) is 79.4 Å². The summed E-state index contributed by atoms with van der Waals surface area (Å²) in [6.07, 6.45) is 12.2. The van der Waals surface area contributed by atoms with Crippen LogP contribution in [0, 0.1) is 29.1 Å². The van der Waals surface area contributed by atoms with Gasteiger partial charge in [-0.15, -0.1) is 0 Å². The zero-order chi connectivity index (χ0) is 45.5. The average Bonchev–Trinajstić information content (AvgIpc) is 3.69. The van der Waals surface area contributed by atoms with Gasteiger partial charge in [0.05, 0.1) is 30.1 Å². The number of hydrogen-bond donors (Lipinski definition) is 4. The van der Waals surface area contributed by atoms with Crippen LogP contribution < -0.4 is 16.0 Å². The Labute approximate surface area is 368 Å². The lowest BCUT2D eigenvalue weighted by Gasteiger charge is -2.33. The van der Waals surface area contributed by atoms with E-state index in [2.05, 4.69) is 25.9 Å². The number of aliphatic hydroxyl groups excluding tert-OH is 1. The Morgan fingerprint density at radius 1 is 0.903 bits per heavy atom. The van der Waals surface area contributed by atoms with Gasteiger partial charge in [0.2, 0.25) is 17.7 Å². The lowest BCUT2D eigenvalue weighted by atomic mass is 9.81. The summed E-state index contributed by atoms with van der Waals surface area (Å²) >= 11 is 0. The summed E-state index contributed by atoms with van der Waals surface area (Å²) in [4.78, 5) is 77.1. The highest BCUT2D eigenvalue weighted by molar-refractivity contribution is 5.93. The maximum absolute atomic E-state index is 14.7. The number of ether oxygens (including phenoxy) is 1. The van der Waals surface area contributed by atoms with Crippen molar-refractivity contribution in [3.05, 3.63) is 96.4 Å². The van der Waals surface area contributed by atoms with E-state index in [0.29, 0.717) is 12.1 Å². The molecule has 2 aromatic heterocycles. The molecule has 5 atom stereocenters. The smallest absolute Gasteiger partial charge is 0.420 e. The fraction of sp³-hybridized carbons (Fsp3) is 0.571. The van der Waals surface area contributed by atoms with Crippen molar-refractivity contribution in [2.24, 2.45) is 29.1 Å². The number of aliphatic hydroxyl groups is 1. The van der Waals surface area contributed by atoms with Crippen molar-refractivity contribution in [2.45, 2.75) is 150 Å². The zero-order valence-corrected chi connectivity index (χ0v) is 38.1. The molecule has 13 heteroatoms. The van der Waals surface area contributed by atoms with Crippen LogP contribution in [0.2, 0.25) is 0 Å². The van der Waals surface area contributed by atoms with E-state index in [4.69, 9.17) is 4.74 Å². The minimum absolute atomic E-state index is 0.0390. The molecule has 1 aliphatic rings. The van der Waals surface area contributed by atoms with Crippen molar-refractivity contribution in [3.8, 4) is 0 Å². The standard InChI is InChI=1S/C49H70N6O7/c1-33(2)36(22-23-44(58)52-30-38-21-15-16-24-51-38)27-42(56)40(26-35-19-13-10-14-20-35)53-46(60)41(29-39-31-50-32-55(39)47(61)62-49(6,7)8)54-45(59)37(28-43(57)48(3,4)5)25-34-17-11-9-12-18-34/h9,11-12,15-18,21-24,31-33,35-37,40-42,56H,10,13-14,19-20,25-30H2,1-8H3,(H,52,58)(H,53,60)(H,54,59)/t36-,37+,40-,41-,42-/m0/s1. The van der Waals surface area contributed by atoms with Gasteiger partial charge in [-0.1, -0.05) is 109 Å². The van der Waals surface area contributed by atoms with Gasteiger partial charge >= 0.3 is 6.09 Å². The number of rotatable bonds is 20. The number of allylic oxidation sites excluding steroid dienone is 1. The number of benzene rings is 1. The van der Waals surface area contributed by atoms with Gasteiger partial charge in [-0.05, 0) is 81.6 Å². The number of hydrogen-bond acceptors (Lipinski definition) is 9. The molecule has 4 rings (SSSR count). The van der Waals surface area contributed by atoms with E-state index in [1.54, 1.807) is 27.0 Å². The van der Waals surface area contributed by atoms with Crippen LogP contribution in [-0.4, -0.2) is 73.0 Å².